The highest BCUT2D eigenvalue weighted by molar-refractivity contribution is 6.39. The van der Waals surface area contributed by atoms with Gasteiger partial charge in [0.2, 0.25) is 0 Å². The Morgan fingerprint density at radius 3 is 2.96 bits per heavy atom. The van der Waals surface area contributed by atoms with E-state index in [9.17, 15) is 9.59 Å². The number of ether oxygens (including phenoxy) is 1. The van der Waals surface area contributed by atoms with Crippen molar-refractivity contribution in [3.63, 3.8) is 0 Å². The lowest BCUT2D eigenvalue weighted by Gasteiger charge is -2.30. The maximum absolute atomic E-state index is 12.3. The zero-order chi connectivity index (χ0) is 16.6. The molecule has 1 saturated heterocycles. The number of carbonyl (C=O) groups is 2. The first kappa shape index (κ1) is 15.7. The average Bonchev–Trinajstić information content (AvgIpc) is 2.92. The molecular weight excluding hydrogens is 296 g/mol. The molecule has 2 aliphatic rings. The predicted octanol–water partition coefficient (Wildman–Crippen LogP) is 1.45. The van der Waals surface area contributed by atoms with Crippen LogP contribution in [0.15, 0.2) is 6.20 Å². The molecular formula is C16H22N4O3. The van der Waals surface area contributed by atoms with Crippen molar-refractivity contribution in [2.75, 3.05) is 24.1 Å². The first-order valence-electron chi connectivity index (χ1n) is 7.96. The van der Waals surface area contributed by atoms with Gasteiger partial charge in [-0.2, -0.15) is 0 Å². The lowest BCUT2D eigenvalue weighted by Crippen LogP contribution is -2.44. The SMILES string of the molecule is CC1CCCN(C(=O)C(=O)Nc2cnc(N)c3c2COC3C)C1. The lowest BCUT2D eigenvalue weighted by molar-refractivity contribution is -0.144. The number of amides is 2. The van der Waals surface area contributed by atoms with Gasteiger partial charge in [0.05, 0.1) is 24.6 Å². The Morgan fingerprint density at radius 1 is 1.43 bits per heavy atom. The van der Waals surface area contributed by atoms with Crippen molar-refractivity contribution >= 4 is 23.3 Å². The fourth-order valence-corrected chi connectivity index (χ4v) is 3.28. The summed E-state index contributed by atoms with van der Waals surface area (Å²) in [5, 5.41) is 2.67. The number of likely N-dealkylation sites (tertiary alicyclic amines) is 1. The van der Waals surface area contributed by atoms with Gasteiger partial charge in [-0.3, -0.25) is 9.59 Å². The van der Waals surface area contributed by atoms with E-state index in [0.717, 1.165) is 24.0 Å². The second kappa shape index (κ2) is 6.16. The van der Waals surface area contributed by atoms with E-state index in [4.69, 9.17) is 10.5 Å². The topological polar surface area (TPSA) is 97.6 Å². The molecule has 2 amide bonds. The fourth-order valence-electron chi connectivity index (χ4n) is 3.28. The van der Waals surface area contributed by atoms with Gasteiger partial charge in [-0.1, -0.05) is 6.92 Å². The molecule has 7 nitrogen and oxygen atoms in total. The van der Waals surface area contributed by atoms with Crippen molar-refractivity contribution in [3.8, 4) is 0 Å². The zero-order valence-corrected chi connectivity index (χ0v) is 13.5. The minimum atomic E-state index is -0.632. The molecule has 2 aliphatic heterocycles. The van der Waals surface area contributed by atoms with Crippen molar-refractivity contribution < 1.29 is 14.3 Å². The van der Waals surface area contributed by atoms with Gasteiger partial charge in [0, 0.05) is 24.2 Å². The van der Waals surface area contributed by atoms with Gasteiger partial charge in [0.1, 0.15) is 5.82 Å². The molecule has 1 aromatic heterocycles. The second-order valence-electron chi connectivity index (χ2n) is 6.36. The Balaban J connectivity index is 1.75. The monoisotopic (exact) mass is 318 g/mol. The third-order valence-electron chi connectivity index (χ3n) is 4.53. The van der Waals surface area contributed by atoms with Crippen molar-refractivity contribution in [1.29, 1.82) is 0 Å². The molecule has 124 valence electrons. The number of piperidine rings is 1. The van der Waals surface area contributed by atoms with Crippen LogP contribution in [0.1, 0.15) is 43.9 Å². The van der Waals surface area contributed by atoms with Crippen LogP contribution in [0.2, 0.25) is 0 Å². The predicted molar refractivity (Wildman–Crippen MR) is 85.5 cm³/mol. The largest absolute Gasteiger partial charge is 0.383 e. The Bertz CT molecular complexity index is 646. The molecule has 7 heteroatoms. The van der Waals surface area contributed by atoms with Crippen LogP contribution in [0.25, 0.3) is 0 Å². The number of nitrogens with one attached hydrogen (secondary N) is 1. The van der Waals surface area contributed by atoms with Crippen LogP contribution in [0.3, 0.4) is 0 Å². The Kier molecular flexibility index (Phi) is 4.21. The lowest BCUT2D eigenvalue weighted by atomic mass is 10.0. The molecule has 3 heterocycles. The highest BCUT2D eigenvalue weighted by Gasteiger charge is 2.29. The van der Waals surface area contributed by atoms with Crippen LogP contribution >= 0.6 is 0 Å². The molecule has 0 bridgehead atoms. The first-order valence-corrected chi connectivity index (χ1v) is 7.96. The van der Waals surface area contributed by atoms with Crippen molar-refractivity contribution in [1.82, 2.24) is 9.88 Å². The van der Waals surface area contributed by atoms with E-state index in [1.54, 1.807) is 4.90 Å². The van der Waals surface area contributed by atoms with Gasteiger partial charge in [-0.05, 0) is 25.7 Å². The molecule has 0 aliphatic carbocycles. The molecule has 0 radical (unpaired) electrons. The number of nitrogen functional groups attached to an aromatic ring is 1. The number of aromatic nitrogens is 1. The number of nitrogens with two attached hydrogens (primary N) is 1. The molecule has 0 saturated carbocycles. The van der Waals surface area contributed by atoms with E-state index in [2.05, 4.69) is 17.2 Å². The molecule has 2 atom stereocenters. The van der Waals surface area contributed by atoms with E-state index in [0.29, 0.717) is 37.1 Å². The Morgan fingerprint density at radius 2 is 2.22 bits per heavy atom. The summed E-state index contributed by atoms with van der Waals surface area (Å²) in [4.78, 5) is 30.3. The van der Waals surface area contributed by atoms with Crippen LogP contribution in [0.4, 0.5) is 11.5 Å². The van der Waals surface area contributed by atoms with Crippen LogP contribution in [-0.2, 0) is 20.9 Å². The molecule has 1 fully saturated rings. The summed E-state index contributed by atoms with van der Waals surface area (Å²) in [6, 6.07) is 0. The molecule has 23 heavy (non-hydrogen) atoms. The summed E-state index contributed by atoms with van der Waals surface area (Å²) in [6.07, 6.45) is 3.35. The van der Waals surface area contributed by atoms with Gasteiger partial charge < -0.3 is 20.7 Å². The summed E-state index contributed by atoms with van der Waals surface area (Å²) in [7, 11) is 0. The minimum absolute atomic E-state index is 0.159. The number of anilines is 2. The summed E-state index contributed by atoms with van der Waals surface area (Å²) in [5.74, 6) is -0.294. The third-order valence-corrected chi connectivity index (χ3v) is 4.53. The number of pyridine rings is 1. The number of fused-ring (bicyclic) bond motifs is 1. The van der Waals surface area contributed by atoms with Crippen LogP contribution in [0.5, 0.6) is 0 Å². The van der Waals surface area contributed by atoms with Crippen LogP contribution in [0, 0.1) is 5.92 Å². The van der Waals surface area contributed by atoms with Crippen LogP contribution in [-0.4, -0.2) is 34.8 Å². The molecule has 2 unspecified atom stereocenters. The van der Waals surface area contributed by atoms with Crippen molar-refractivity contribution in [2.24, 2.45) is 5.92 Å². The Hall–Kier alpha value is -2.15. The zero-order valence-electron chi connectivity index (χ0n) is 13.5. The summed E-state index contributed by atoms with van der Waals surface area (Å²) >= 11 is 0. The van der Waals surface area contributed by atoms with E-state index in [1.165, 1.54) is 6.20 Å². The number of nitrogens with zero attached hydrogens (tertiary/aromatic N) is 2. The smallest absolute Gasteiger partial charge is 0.313 e. The second-order valence-corrected chi connectivity index (χ2v) is 6.36. The summed E-state index contributed by atoms with van der Waals surface area (Å²) < 4.78 is 5.55. The maximum Gasteiger partial charge on any atom is 0.313 e. The van der Waals surface area contributed by atoms with Gasteiger partial charge >= 0.3 is 11.8 Å². The van der Waals surface area contributed by atoms with Crippen molar-refractivity contribution in [2.45, 2.75) is 39.4 Å². The normalized spacial score (nSPS) is 23.5. The maximum atomic E-state index is 12.3. The summed E-state index contributed by atoms with van der Waals surface area (Å²) in [6.45, 7) is 5.59. The minimum Gasteiger partial charge on any atom is -0.383 e. The molecule has 3 rings (SSSR count). The molecule has 3 N–H and O–H groups in total. The number of carbonyl (C=O) groups excluding carboxylic acids is 2. The molecule has 1 aromatic rings. The molecule has 0 spiro atoms. The number of hydrogen-bond acceptors (Lipinski definition) is 5. The highest BCUT2D eigenvalue weighted by Crippen LogP contribution is 2.37. The van der Waals surface area contributed by atoms with E-state index in [-0.39, 0.29) is 6.10 Å². The van der Waals surface area contributed by atoms with Crippen molar-refractivity contribution in [3.05, 3.63) is 17.3 Å². The van der Waals surface area contributed by atoms with Gasteiger partial charge in [-0.25, -0.2) is 4.98 Å². The highest BCUT2D eigenvalue weighted by atomic mass is 16.5. The van der Waals surface area contributed by atoms with E-state index >= 15 is 0 Å². The standard InChI is InChI=1S/C16H22N4O3/c1-9-4-3-5-20(7-9)16(22)15(21)19-12-6-18-14(17)13-10(2)23-8-11(12)13/h6,9-10H,3-5,7-8H2,1-2H3,(H2,17,18)(H,19,21). The van der Waals surface area contributed by atoms with E-state index < -0.39 is 11.8 Å². The van der Waals surface area contributed by atoms with Gasteiger partial charge in [0.15, 0.2) is 0 Å². The average molecular weight is 318 g/mol. The summed E-state index contributed by atoms with van der Waals surface area (Å²) in [5.41, 5.74) is 7.97. The fraction of sp³-hybridized carbons (Fsp3) is 0.562. The van der Waals surface area contributed by atoms with Gasteiger partial charge in [0.25, 0.3) is 0 Å². The first-order chi connectivity index (χ1) is 11.0. The Labute approximate surface area is 135 Å². The van der Waals surface area contributed by atoms with Gasteiger partial charge in [-0.15, -0.1) is 0 Å². The third kappa shape index (κ3) is 3.01. The quantitative estimate of drug-likeness (QED) is 0.764. The van der Waals surface area contributed by atoms with E-state index in [1.807, 2.05) is 6.92 Å². The number of rotatable bonds is 1. The molecule has 0 aromatic carbocycles. The number of hydrogen-bond donors (Lipinski definition) is 2. The van der Waals surface area contributed by atoms with Crippen LogP contribution < -0.4 is 11.1 Å².